The van der Waals surface area contributed by atoms with Crippen molar-refractivity contribution in [3.63, 3.8) is 0 Å². The van der Waals surface area contributed by atoms with Gasteiger partial charge in [-0.05, 0) is 32.1 Å². The van der Waals surface area contributed by atoms with Gasteiger partial charge in [0.25, 0.3) is 0 Å². The Morgan fingerprint density at radius 2 is 2.42 bits per heavy atom. The third-order valence-electron chi connectivity index (χ3n) is 4.02. The van der Waals surface area contributed by atoms with Crippen LogP contribution >= 0.6 is 11.8 Å². The molecule has 0 bridgehead atoms. The number of hydrogen-bond acceptors (Lipinski definition) is 3. The molecule has 0 aromatic rings. The minimum absolute atomic E-state index is 0.109. The van der Waals surface area contributed by atoms with Gasteiger partial charge in [-0.25, -0.2) is 0 Å². The summed E-state index contributed by atoms with van der Waals surface area (Å²) in [6.07, 6.45) is 5.44. The summed E-state index contributed by atoms with van der Waals surface area (Å²) in [5.41, 5.74) is 0. The van der Waals surface area contributed by atoms with Crippen molar-refractivity contribution < 1.29 is 4.79 Å². The van der Waals surface area contributed by atoms with Crippen LogP contribution < -0.4 is 10.6 Å². The van der Waals surface area contributed by atoms with Crippen molar-refractivity contribution in [2.24, 2.45) is 10.9 Å². The highest BCUT2D eigenvalue weighted by Crippen LogP contribution is 2.32. The van der Waals surface area contributed by atoms with E-state index >= 15 is 0 Å². The summed E-state index contributed by atoms with van der Waals surface area (Å²) in [7, 11) is 0. The number of hydrogen-bond donors (Lipinski definition) is 2. The summed E-state index contributed by atoms with van der Waals surface area (Å²) in [6.45, 7) is 4.70. The molecule has 5 heteroatoms. The molecular weight excluding hydrogens is 258 g/mol. The molecule has 0 radical (unpaired) electrons. The molecule has 2 aliphatic rings. The fourth-order valence-corrected chi connectivity index (χ4v) is 3.80. The van der Waals surface area contributed by atoms with Gasteiger partial charge < -0.3 is 10.6 Å². The Bertz CT molecular complexity index is 346. The van der Waals surface area contributed by atoms with Crippen LogP contribution in [0.25, 0.3) is 0 Å². The van der Waals surface area contributed by atoms with Gasteiger partial charge in [-0.3, -0.25) is 9.79 Å². The van der Waals surface area contributed by atoms with Gasteiger partial charge >= 0.3 is 0 Å². The summed E-state index contributed by atoms with van der Waals surface area (Å²) >= 11 is 1.82. The Balaban J connectivity index is 1.69. The normalized spacial score (nSPS) is 29.7. The highest BCUT2D eigenvalue weighted by molar-refractivity contribution is 8.13. The number of rotatable bonds is 5. The van der Waals surface area contributed by atoms with Gasteiger partial charge in [0.05, 0.1) is 6.54 Å². The third-order valence-corrected chi connectivity index (χ3v) is 5.13. The molecule has 1 heterocycles. The van der Waals surface area contributed by atoms with E-state index in [0.717, 1.165) is 17.5 Å². The highest BCUT2D eigenvalue weighted by Gasteiger charge is 2.31. The maximum Gasteiger partial charge on any atom is 0.222 e. The zero-order valence-electron chi connectivity index (χ0n) is 11.9. The van der Waals surface area contributed by atoms with E-state index < -0.39 is 0 Å². The number of nitrogens with one attached hydrogen (secondary N) is 2. The van der Waals surface area contributed by atoms with Gasteiger partial charge in [0, 0.05) is 24.3 Å². The predicted molar refractivity (Wildman–Crippen MR) is 81.5 cm³/mol. The van der Waals surface area contributed by atoms with E-state index in [1.54, 1.807) is 0 Å². The lowest BCUT2D eigenvalue weighted by Crippen LogP contribution is -2.41. The molecule has 2 rings (SSSR count). The Kier molecular flexibility index (Phi) is 5.55. The number of amidine groups is 1. The molecule has 3 unspecified atom stereocenters. The van der Waals surface area contributed by atoms with Crippen LogP contribution in [-0.2, 0) is 4.79 Å². The molecule has 4 nitrogen and oxygen atoms in total. The van der Waals surface area contributed by atoms with Crippen molar-refractivity contribution in [1.82, 2.24) is 10.6 Å². The first-order chi connectivity index (χ1) is 9.19. The summed E-state index contributed by atoms with van der Waals surface area (Å²) in [6, 6.07) is 0.899. The molecule has 1 amide bonds. The molecule has 19 heavy (non-hydrogen) atoms. The molecule has 1 aliphatic carbocycles. The smallest absolute Gasteiger partial charge is 0.222 e. The minimum Gasteiger partial charge on any atom is -0.362 e. The largest absolute Gasteiger partial charge is 0.362 e. The quantitative estimate of drug-likeness (QED) is 0.813. The molecule has 108 valence electrons. The lowest BCUT2D eigenvalue weighted by Gasteiger charge is -2.28. The molecule has 2 fully saturated rings. The van der Waals surface area contributed by atoms with E-state index in [1.165, 1.54) is 25.0 Å². The molecule has 0 aromatic carbocycles. The van der Waals surface area contributed by atoms with Gasteiger partial charge in [0.1, 0.15) is 0 Å². The van der Waals surface area contributed by atoms with Crippen molar-refractivity contribution >= 4 is 22.8 Å². The van der Waals surface area contributed by atoms with Gasteiger partial charge in [-0.1, -0.05) is 25.1 Å². The number of carbonyl (C=O) groups excluding carboxylic acids is 1. The first-order valence-electron chi connectivity index (χ1n) is 7.42. The highest BCUT2D eigenvalue weighted by atomic mass is 32.2. The molecule has 1 aliphatic heterocycles. The zero-order valence-corrected chi connectivity index (χ0v) is 12.8. The molecular formula is C14H25N3OS. The lowest BCUT2D eigenvalue weighted by atomic mass is 10.1. The lowest BCUT2D eigenvalue weighted by molar-refractivity contribution is -0.121. The molecule has 1 saturated carbocycles. The number of fused-ring (bicyclic) bond motifs is 1. The predicted octanol–water partition coefficient (Wildman–Crippen LogP) is 2.15. The van der Waals surface area contributed by atoms with E-state index in [9.17, 15) is 4.79 Å². The average molecular weight is 283 g/mol. The number of amides is 1. The number of carbonyl (C=O) groups is 1. The second-order valence-corrected chi connectivity index (χ2v) is 6.58. The van der Waals surface area contributed by atoms with E-state index in [-0.39, 0.29) is 11.9 Å². The Morgan fingerprint density at radius 3 is 3.21 bits per heavy atom. The SMILES string of the molecule is CCC(C)NC(=O)CCN=C1NC2CCCC2CS1. The van der Waals surface area contributed by atoms with Gasteiger partial charge in [0.15, 0.2) is 5.17 Å². The summed E-state index contributed by atoms with van der Waals surface area (Å²) < 4.78 is 0. The second-order valence-electron chi connectivity index (χ2n) is 5.57. The molecule has 3 atom stereocenters. The fourth-order valence-electron chi connectivity index (χ4n) is 2.61. The topological polar surface area (TPSA) is 53.5 Å². The summed E-state index contributed by atoms with van der Waals surface area (Å²) in [5.74, 6) is 2.13. The van der Waals surface area contributed by atoms with Crippen LogP contribution in [0.2, 0.25) is 0 Å². The monoisotopic (exact) mass is 283 g/mol. The van der Waals surface area contributed by atoms with E-state index in [2.05, 4.69) is 22.5 Å². The maximum atomic E-state index is 11.6. The van der Waals surface area contributed by atoms with E-state index in [1.807, 2.05) is 18.7 Å². The standard InChI is InChI=1S/C14H25N3OS/c1-3-10(2)16-13(18)7-8-15-14-17-12-6-4-5-11(12)9-19-14/h10-12H,3-9H2,1-2H3,(H,15,17)(H,16,18). The van der Waals surface area contributed by atoms with Crippen molar-refractivity contribution in [3.05, 3.63) is 0 Å². The zero-order chi connectivity index (χ0) is 13.7. The van der Waals surface area contributed by atoms with Crippen LogP contribution in [0.15, 0.2) is 4.99 Å². The molecule has 0 spiro atoms. The van der Waals surface area contributed by atoms with Gasteiger partial charge in [-0.15, -0.1) is 0 Å². The number of nitrogens with zero attached hydrogens (tertiary/aromatic N) is 1. The van der Waals surface area contributed by atoms with Gasteiger partial charge in [-0.2, -0.15) is 0 Å². The number of aliphatic imine (C=N–C) groups is 1. The van der Waals surface area contributed by atoms with Crippen LogP contribution in [0.3, 0.4) is 0 Å². The van der Waals surface area contributed by atoms with Crippen LogP contribution in [0, 0.1) is 5.92 Å². The van der Waals surface area contributed by atoms with E-state index in [4.69, 9.17) is 0 Å². The first kappa shape index (κ1) is 14.7. The molecule has 1 saturated heterocycles. The second kappa shape index (κ2) is 7.17. The third kappa shape index (κ3) is 4.41. The first-order valence-corrected chi connectivity index (χ1v) is 8.40. The van der Waals surface area contributed by atoms with Crippen molar-refractivity contribution in [2.75, 3.05) is 12.3 Å². The minimum atomic E-state index is 0.109. The summed E-state index contributed by atoms with van der Waals surface area (Å²) in [4.78, 5) is 16.2. The Morgan fingerprint density at radius 1 is 1.58 bits per heavy atom. The van der Waals surface area contributed by atoms with Crippen LogP contribution in [-0.4, -0.2) is 35.5 Å². The Labute approximate surface area is 120 Å². The summed E-state index contributed by atoms with van der Waals surface area (Å²) in [5, 5.41) is 7.53. The van der Waals surface area contributed by atoms with Crippen LogP contribution in [0.4, 0.5) is 0 Å². The van der Waals surface area contributed by atoms with Crippen LogP contribution in [0.1, 0.15) is 46.0 Å². The van der Waals surface area contributed by atoms with Crippen molar-refractivity contribution in [1.29, 1.82) is 0 Å². The maximum absolute atomic E-state index is 11.6. The average Bonchev–Trinajstić information content (AvgIpc) is 2.86. The number of thioether (sulfide) groups is 1. The van der Waals surface area contributed by atoms with Crippen LogP contribution in [0.5, 0.6) is 0 Å². The molecule has 2 N–H and O–H groups in total. The van der Waals surface area contributed by atoms with Crippen molar-refractivity contribution in [2.45, 2.75) is 58.0 Å². The van der Waals surface area contributed by atoms with Gasteiger partial charge in [0.2, 0.25) is 5.91 Å². The Hall–Kier alpha value is -0.710. The fraction of sp³-hybridized carbons (Fsp3) is 0.857. The van der Waals surface area contributed by atoms with Crippen molar-refractivity contribution in [3.8, 4) is 0 Å². The molecule has 0 aromatic heterocycles. The van der Waals surface area contributed by atoms with E-state index in [0.29, 0.717) is 19.0 Å².